The van der Waals surface area contributed by atoms with Gasteiger partial charge < -0.3 is 9.80 Å². The molecule has 2 heterocycles. The molecule has 3 atom stereocenters. The topological polar surface area (TPSA) is 6.48 Å². The van der Waals surface area contributed by atoms with Crippen LogP contribution in [-0.2, 0) is 0 Å². The number of nitrogens with zero attached hydrogens (tertiary/aromatic N) is 2. The third-order valence-electron chi connectivity index (χ3n) is 3.94. The van der Waals surface area contributed by atoms with E-state index in [1.165, 1.54) is 13.0 Å². The van der Waals surface area contributed by atoms with E-state index in [9.17, 15) is 4.39 Å². The molecule has 0 amide bonds. The van der Waals surface area contributed by atoms with Gasteiger partial charge in [-0.1, -0.05) is 0 Å². The van der Waals surface area contributed by atoms with Crippen LogP contribution in [0.1, 0.15) is 19.8 Å². The lowest BCUT2D eigenvalue weighted by molar-refractivity contribution is 0.216. The van der Waals surface area contributed by atoms with Crippen LogP contribution in [0.3, 0.4) is 0 Å². The second-order valence-corrected chi connectivity index (χ2v) is 4.92. The van der Waals surface area contributed by atoms with Crippen molar-refractivity contribution in [3.05, 3.63) is 0 Å². The number of alkyl halides is 1. The van der Waals surface area contributed by atoms with Gasteiger partial charge in [-0.25, -0.2) is 4.39 Å². The molecule has 2 nitrogen and oxygen atoms in total. The van der Waals surface area contributed by atoms with Crippen LogP contribution in [0.2, 0.25) is 0 Å². The molecule has 0 aromatic heterocycles. The zero-order valence-corrected chi connectivity index (χ0v) is 9.25. The Labute approximate surface area is 86.1 Å². The molecule has 0 N–H and O–H groups in total. The molecule has 2 aliphatic rings. The highest BCUT2D eigenvalue weighted by atomic mass is 19.1. The Balaban J connectivity index is 1.80. The Morgan fingerprint density at radius 1 is 1.29 bits per heavy atom. The molecule has 0 bridgehead atoms. The quantitative estimate of drug-likeness (QED) is 0.664. The minimum absolute atomic E-state index is 0.565. The number of hydrogen-bond donors (Lipinski definition) is 0. The van der Waals surface area contributed by atoms with Crippen LogP contribution in [0.4, 0.5) is 4.39 Å². The van der Waals surface area contributed by atoms with Gasteiger partial charge in [0.15, 0.2) is 0 Å². The van der Waals surface area contributed by atoms with Gasteiger partial charge in [0.05, 0.1) is 0 Å². The van der Waals surface area contributed by atoms with E-state index in [-0.39, 0.29) is 0 Å². The maximum Gasteiger partial charge on any atom is 0.114 e. The van der Waals surface area contributed by atoms with Crippen LogP contribution < -0.4 is 0 Å². The molecular weight excluding hydrogens is 179 g/mol. The Morgan fingerprint density at radius 2 is 2.07 bits per heavy atom. The molecule has 0 saturated carbocycles. The molecule has 2 fully saturated rings. The first-order valence-electron chi connectivity index (χ1n) is 5.73. The fourth-order valence-corrected chi connectivity index (χ4v) is 2.70. The molecule has 0 aromatic carbocycles. The van der Waals surface area contributed by atoms with Crippen LogP contribution in [0, 0.1) is 5.92 Å². The van der Waals surface area contributed by atoms with E-state index in [0.29, 0.717) is 12.6 Å². The summed E-state index contributed by atoms with van der Waals surface area (Å²) in [5.41, 5.74) is 0. The number of rotatable bonds is 2. The van der Waals surface area contributed by atoms with E-state index in [1.807, 2.05) is 0 Å². The van der Waals surface area contributed by atoms with Gasteiger partial charge in [-0.05, 0) is 39.3 Å². The second kappa shape index (κ2) is 4.15. The van der Waals surface area contributed by atoms with Crippen molar-refractivity contribution < 1.29 is 4.39 Å². The summed E-state index contributed by atoms with van der Waals surface area (Å²) in [6, 6.07) is 0.675. The standard InChI is InChI=1S/C11H21FN2/c1-9-10(3-5-13(9)2)7-14-6-4-11(12)8-14/h9-11H,3-8H2,1-2H3. The fourth-order valence-electron chi connectivity index (χ4n) is 2.70. The van der Waals surface area contributed by atoms with Gasteiger partial charge >= 0.3 is 0 Å². The van der Waals surface area contributed by atoms with E-state index in [1.54, 1.807) is 0 Å². The van der Waals surface area contributed by atoms with Gasteiger partial charge in [-0.3, -0.25) is 0 Å². The number of likely N-dealkylation sites (tertiary alicyclic amines) is 2. The predicted octanol–water partition coefficient (Wildman–Crippen LogP) is 1.37. The minimum Gasteiger partial charge on any atom is -0.303 e. The molecule has 2 aliphatic heterocycles. The largest absolute Gasteiger partial charge is 0.303 e. The van der Waals surface area contributed by atoms with Crippen molar-refractivity contribution >= 4 is 0 Å². The fraction of sp³-hybridized carbons (Fsp3) is 1.00. The van der Waals surface area contributed by atoms with Crippen molar-refractivity contribution in [3.63, 3.8) is 0 Å². The third-order valence-corrected chi connectivity index (χ3v) is 3.94. The molecule has 3 heteroatoms. The monoisotopic (exact) mass is 200 g/mol. The van der Waals surface area contributed by atoms with E-state index >= 15 is 0 Å². The zero-order chi connectivity index (χ0) is 10.1. The van der Waals surface area contributed by atoms with Gasteiger partial charge in [-0.2, -0.15) is 0 Å². The molecular formula is C11H21FN2. The van der Waals surface area contributed by atoms with Crippen molar-refractivity contribution in [1.82, 2.24) is 9.80 Å². The first-order valence-corrected chi connectivity index (χ1v) is 5.73. The Kier molecular flexibility index (Phi) is 3.07. The van der Waals surface area contributed by atoms with E-state index < -0.39 is 6.17 Å². The predicted molar refractivity (Wildman–Crippen MR) is 56.2 cm³/mol. The normalized spacial score (nSPS) is 40.9. The summed E-state index contributed by atoms with van der Waals surface area (Å²) >= 11 is 0. The summed E-state index contributed by atoms with van der Waals surface area (Å²) in [6.07, 6.45) is 1.46. The van der Waals surface area contributed by atoms with E-state index in [4.69, 9.17) is 0 Å². The summed E-state index contributed by atoms with van der Waals surface area (Å²) in [7, 11) is 2.19. The van der Waals surface area contributed by atoms with Crippen LogP contribution in [0.15, 0.2) is 0 Å². The van der Waals surface area contributed by atoms with Crippen LogP contribution in [0.25, 0.3) is 0 Å². The second-order valence-electron chi connectivity index (χ2n) is 4.92. The number of halogens is 1. The average molecular weight is 200 g/mol. The highest BCUT2D eigenvalue weighted by molar-refractivity contribution is 4.86. The summed E-state index contributed by atoms with van der Waals surface area (Å²) in [5.74, 6) is 0.755. The Bertz CT molecular complexity index is 198. The van der Waals surface area contributed by atoms with Gasteiger partial charge in [0.1, 0.15) is 6.17 Å². The summed E-state index contributed by atoms with van der Waals surface area (Å²) < 4.78 is 13.0. The minimum atomic E-state index is -0.565. The molecule has 82 valence electrons. The van der Waals surface area contributed by atoms with Crippen LogP contribution >= 0.6 is 0 Å². The maximum absolute atomic E-state index is 13.0. The molecule has 0 aliphatic carbocycles. The first kappa shape index (κ1) is 10.4. The van der Waals surface area contributed by atoms with Gasteiger partial charge in [0, 0.05) is 25.7 Å². The lowest BCUT2D eigenvalue weighted by Gasteiger charge is -2.24. The first-order chi connectivity index (χ1) is 6.66. The molecule has 3 unspecified atom stereocenters. The van der Waals surface area contributed by atoms with E-state index in [2.05, 4.69) is 23.8 Å². The lowest BCUT2D eigenvalue weighted by atomic mass is 10.0. The van der Waals surface area contributed by atoms with Gasteiger partial charge in [-0.15, -0.1) is 0 Å². The van der Waals surface area contributed by atoms with Crippen molar-refractivity contribution in [1.29, 1.82) is 0 Å². The zero-order valence-electron chi connectivity index (χ0n) is 9.25. The van der Waals surface area contributed by atoms with E-state index in [0.717, 1.165) is 25.4 Å². The molecule has 14 heavy (non-hydrogen) atoms. The Hall–Kier alpha value is -0.150. The van der Waals surface area contributed by atoms with Crippen molar-refractivity contribution in [2.75, 3.05) is 33.2 Å². The molecule has 2 saturated heterocycles. The van der Waals surface area contributed by atoms with Crippen LogP contribution in [0.5, 0.6) is 0 Å². The molecule has 0 aromatic rings. The van der Waals surface area contributed by atoms with Gasteiger partial charge in [0.25, 0.3) is 0 Å². The molecule has 0 radical (unpaired) electrons. The molecule has 2 rings (SSSR count). The SMILES string of the molecule is CC1C(CN2CCC(F)C2)CCN1C. The summed E-state index contributed by atoms with van der Waals surface area (Å²) in [6.45, 7) is 6.24. The summed E-state index contributed by atoms with van der Waals surface area (Å²) in [5, 5.41) is 0. The maximum atomic E-state index is 13.0. The third kappa shape index (κ3) is 2.09. The van der Waals surface area contributed by atoms with Crippen molar-refractivity contribution in [3.8, 4) is 0 Å². The Morgan fingerprint density at radius 3 is 2.57 bits per heavy atom. The van der Waals surface area contributed by atoms with Crippen molar-refractivity contribution in [2.45, 2.75) is 32.0 Å². The van der Waals surface area contributed by atoms with Gasteiger partial charge in [0.2, 0.25) is 0 Å². The highest BCUT2D eigenvalue weighted by Gasteiger charge is 2.31. The highest BCUT2D eigenvalue weighted by Crippen LogP contribution is 2.25. The number of hydrogen-bond acceptors (Lipinski definition) is 2. The lowest BCUT2D eigenvalue weighted by Crippen LogP contribution is -2.34. The molecule has 0 spiro atoms. The smallest absolute Gasteiger partial charge is 0.114 e. The average Bonchev–Trinajstić information content (AvgIpc) is 2.67. The summed E-state index contributed by atoms with van der Waals surface area (Å²) in [4.78, 5) is 4.71. The van der Waals surface area contributed by atoms with Crippen molar-refractivity contribution in [2.24, 2.45) is 5.92 Å². The van der Waals surface area contributed by atoms with Crippen LogP contribution in [-0.4, -0.2) is 55.2 Å².